The highest BCUT2D eigenvalue weighted by Crippen LogP contribution is 2.51. The fraction of sp³-hybridized carbons (Fsp3) is 0.190. The van der Waals surface area contributed by atoms with E-state index in [0.29, 0.717) is 28.8 Å². The molecule has 0 saturated heterocycles. The number of hydrogen-bond acceptors (Lipinski definition) is 4. The molecule has 0 aliphatic carbocycles. The molecule has 27 heavy (non-hydrogen) atoms. The van der Waals surface area contributed by atoms with Crippen LogP contribution in [0.25, 0.3) is 11.0 Å². The first-order valence-corrected chi connectivity index (χ1v) is 8.79. The largest absolute Gasteiger partial charge is 0.450 e. The summed E-state index contributed by atoms with van der Waals surface area (Å²) in [6.45, 7) is 2.31. The predicted octanol–water partition coefficient (Wildman–Crippen LogP) is 2.49. The van der Waals surface area contributed by atoms with Gasteiger partial charge in [-0.05, 0) is 25.1 Å². The van der Waals surface area contributed by atoms with Crippen molar-refractivity contribution in [1.29, 1.82) is 0 Å². The van der Waals surface area contributed by atoms with Crippen LogP contribution >= 0.6 is 0 Å². The fourth-order valence-electron chi connectivity index (χ4n) is 4.41. The molecule has 0 radical (unpaired) electrons. The number of anilines is 1. The quantitative estimate of drug-likeness (QED) is 0.668. The lowest BCUT2D eigenvalue weighted by molar-refractivity contribution is -0.125. The zero-order valence-electron chi connectivity index (χ0n) is 14.9. The Morgan fingerprint density at radius 2 is 1.70 bits per heavy atom. The highest BCUT2D eigenvalue weighted by Gasteiger charge is 2.63. The van der Waals surface area contributed by atoms with Crippen LogP contribution in [0, 0.1) is 0 Å². The Kier molecular flexibility index (Phi) is 2.97. The Bertz CT molecular complexity index is 1210. The number of benzene rings is 2. The molecule has 0 bridgehead atoms. The van der Waals surface area contributed by atoms with Gasteiger partial charge in [0.2, 0.25) is 5.76 Å². The van der Waals surface area contributed by atoms with E-state index in [-0.39, 0.29) is 22.7 Å². The van der Waals surface area contributed by atoms with E-state index in [1.807, 2.05) is 25.1 Å². The van der Waals surface area contributed by atoms with Gasteiger partial charge in [0, 0.05) is 19.2 Å². The number of rotatable bonds is 1. The third-order valence-electron chi connectivity index (χ3n) is 5.62. The maximum atomic E-state index is 13.6. The van der Waals surface area contributed by atoms with Crippen molar-refractivity contribution < 1.29 is 14.0 Å². The lowest BCUT2D eigenvalue weighted by Gasteiger charge is -2.31. The minimum absolute atomic E-state index is 0.0534. The number of fused-ring (bicyclic) bond motifs is 5. The molecule has 134 valence electrons. The second kappa shape index (κ2) is 5.07. The number of carbonyl (C=O) groups excluding carboxylic acids is 2. The summed E-state index contributed by atoms with van der Waals surface area (Å²) < 4.78 is 5.82. The van der Waals surface area contributed by atoms with Crippen LogP contribution in [0.5, 0.6) is 0 Å². The van der Waals surface area contributed by atoms with E-state index in [1.165, 1.54) is 4.90 Å². The van der Waals surface area contributed by atoms with Crippen LogP contribution < -0.4 is 10.3 Å². The van der Waals surface area contributed by atoms with Gasteiger partial charge in [-0.2, -0.15) is 0 Å². The van der Waals surface area contributed by atoms with Crippen LogP contribution in [0.1, 0.15) is 28.6 Å². The second-order valence-corrected chi connectivity index (χ2v) is 6.77. The Hall–Kier alpha value is -3.41. The van der Waals surface area contributed by atoms with Gasteiger partial charge >= 0.3 is 0 Å². The summed E-state index contributed by atoms with van der Waals surface area (Å²) in [5.74, 6) is -0.820. The minimum Gasteiger partial charge on any atom is -0.450 e. The number of carbonyl (C=O) groups is 2. The van der Waals surface area contributed by atoms with Gasteiger partial charge < -0.3 is 14.2 Å². The summed E-state index contributed by atoms with van der Waals surface area (Å²) in [4.78, 5) is 43.0. The minimum atomic E-state index is -1.48. The van der Waals surface area contributed by atoms with Crippen LogP contribution in [0.4, 0.5) is 5.69 Å². The third kappa shape index (κ3) is 1.63. The maximum Gasteiger partial charge on any atom is 0.291 e. The van der Waals surface area contributed by atoms with Crippen LogP contribution in [-0.4, -0.2) is 30.3 Å². The Morgan fingerprint density at radius 3 is 2.48 bits per heavy atom. The van der Waals surface area contributed by atoms with Gasteiger partial charge in [0.15, 0.2) is 11.0 Å². The Morgan fingerprint density at radius 1 is 1.00 bits per heavy atom. The summed E-state index contributed by atoms with van der Waals surface area (Å²) in [5, 5.41) is 0.360. The third-order valence-corrected chi connectivity index (χ3v) is 5.62. The first kappa shape index (κ1) is 15.8. The molecule has 3 aromatic rings. The van der Waals surface area contributed by atoms with Gasteiger partial charge in [0.05, 0.1) is 16.6 Å². The lowest BCUT2D eigenvalue weighted by Crippen LogP contribution is -2.51. The van der Waals surface area contributed by atoms with Gasteiger partial charge in [-0.25, -0.2) is 0 Å². The molecule has 0 N–H and O–H groups in total. The molecule has 1 atom stereocenters. The highest BCUT2D eigenvalue weighted by atomic mass is 16.3. The molecule has 0 saturated carbocycles. The van der Waals surface area contributed by atoms with E-state index in [4.69, 9.17) is 4.42 Å². The van der Waals surface area contributed by atoms with Gasteiger partial charge in [-0.3, -0.25) is 14.4 Å². The average Bonchev–Trinajstić information content (AvgIpc) is 3.07. The molecular weight excluding hydrogens is 344 g/mol. The summed E-state index contributed by atoms with van der Waals surface area (Å²) in [5.41, 5.74) is -0.0260. The van der Waals surface area contributed by atoms with Crippen molar-refractivity contribution in [3.8, 4) is 0 Å². The van der Waals surface area contributed by atoms with Crippen LogP contribution in [0.2, 0.25) is 0 Å². The van der Waals surface area contributed by atoms with E-state index in [0.717, 1.165) is 0 Å². The summed E-state index contributed by atoms with van der Waals surface area (Å²) in [6.07, 6.45) is 0. The van der Waals surface area contributed by atoms with E-state index >= 15 is 0 Å². The number of likely N-dealkylation sites (N-methyl/N-ethyl adjacent to an activating group) is 2. The molecule has 2 aliphatic heterocycles. The molecule has 2 aliphatic rings. The van der Waals surface area contributed by atoms with Crippen molar-refractivity contribution >= 4 is 28.5 Å². The summed E-state index contributed by atoms with van der Waals surface area (Å²) >= 11 is 0. The Labute approximate surface area is 154 Å². The number of amides is 2. The molecule has 1 spiro atoms. The molecule has 0 fully saturated rings. The topological polar surface area (TPSA) is 70.8 Å². The predicted molar refractivity (Wildman–Crippen MR) is 99.8 cm³/mol. The van der Waals surface area contributed by atoms with Crippen LogP contribution in [0.3, 0.4) is 0 Å². The summed E-state index contributed by atoms with van der Waals surface area (Å²) in [6, 6.07) is 14.1. The van der Waals surface area contributed by atoms with E-state index in [9.17, 15) is 14.4 Å². The first-order chi connectivity index (χ1) is 13.0. The summed E-state index contributed by atoms with van der Waals surface area (Å²) in [7, 11) is 1.55. The maximum absolute atomic E-state index is 13.6. The van der Waals surface area contributed by atoms with Crippen LogP contribution in [-0.2, 0) is 10.3 Å². The molecule has 3 heterocycles. The standard InChI is InChI=1S/C21H16N2O4/c1-3-23-14-10-6-5-9-13(14)21(20(23)26)16-17(24)12-8-4-7-11-15(12)27-18(16)19(25)22(21)2/h4-11H,3H2,1-2H3/t21-/m1/s1. The highest BCUT2D eigenvalue weighted by molar-refractivity contribution is 6.17. The molecule has 0 unspecified atom stereocenters. The van der Waals surface area contributed by atoms with Crippen LogP contribution in [0.15, 0.2) is 57.7 Å². The lowest BCUT2D eigenvalue weighted by atomic mass is 9.84. The number of nitrogens with zero attached hydrogens (tertiary/aromatic N) is 2. The molecule has 6 heteroatoms. The molecule has 6 nitrogen and oxygen atoms in total. The fourth-order valence-corrected chi connectivity index (χ4v) is 4.41. The molecule has 2 amide bonds. The first-order valence-electron chi connectivity index (χ1n) is 8.79. The van der Waals surface area contributed by atoms with Crippen molar-refractivity contribution in [2.75, 3.05) is 18.5 Å². The molecule has 1 aromatic heterocycles. The van der Waals surface area contributed by atoms with E-state index in [2.05, 4.69) is 0 Å². The smallest absolute Gasteiger partial charge is 0.291 e. The number of para-hydroxylation sites is 2. The zero-order chi connectivity index (χ0) is 18.9. The monoisotopic (exact) mass is 360 g/mol. The van der Waals surface area contributed by atoms with Gasteiger partial charge in [0.1, 0.15) is 5.58 Å². The van der Waals surface area contributed by atoms with E-state index in [1.54, 1.807) is 42.3 Å². The van der Waals surface area contributed by atoms with Crippen molar-refractivity contribution in [3.05, 3.63) is 75.6 Å². The van der Waals surface area contributed by atoms with Gasteiger partial charge in [0.25, 0.3) is 11.8 Å². The zero-order valence-corrected chi connectivity index (χ0v) is 14.9. The van der Waals surface area contributed by atoms with Crippen molar-refractivity contribution in [3.63, 3.8) is 0 Å². The molecule has 5 rings (SSSR count). The second-order valence-electron chi connectivity index (χ2n) is 6.77. The number of hydrogen-bond donors (Lipinski definition) is 0. The van der Waals surface area contributed by atoms with Crippen molar-refractivity contribution in [2.24, 2.45) is 0 Å². The Balaban J connectivity index is 1.97. The molecule has 2 aromatic carbocycles. The van der Waals surface area contributed by atoms with E-state index < -0.39 is 11.4 Å². The van der Waals surface area contributed by atoms with Crippen molar-refractivity contribution in [1.82, 2.24) is 4.90 Å². The average molecular weight is 360 g/mol. The van der Waals surface area contributed by atoms with Gasteiger partial charge in [-0.1, -0.05) is 30.3 Å². The van der Waals surface area contributed by atoms with Gasteiger partial charge in [-0.15, -0.1) is 0 Å². The SMILES string of the molecule is CCN1C(=O)[C@@]2(c3ccccc31)c1c(oc3ccccc3c1=O)C(=O)N2C. The normalized spacial score (nSPS) is 20.7. The molecular formula is C21H16N2O4. The van der Waals surface area contributed by atoms with Crippen molar-refractivity contribution in [2.45, 2.75) is 12.5 Å².